The average molecular weight is 193 g/mol. The quantitative estimate of drug-likeness (QED) is 0.648. The van der Waals surface area contributed by atoms with Crippen molar-refractivity contribution in [2.24, 2.45) is 0 Å². The van der Waals surface area contributed by atoms with Crippen LogP contribution < -0.4 is 9.47 Å². The third-order valence-corrected chi connectivity index (χ3v) is 1.61. The van der Waals surface area contributed by atoms with Crippen LogP contribution in [0.4, 0.5) is 0 Å². The van der Waals surface area contributed by atoms with Crippen LogP contribution in [0.1, 0.15) is 13.3 Å². The van der Waals surface area contributed by atoms with Crippen LogP contribution in [0.2, 0.25) is 0 Å². The van der Waals surface area contributed by atoms with Crippen LogP contribution >= 0.6 is 0 Å². The van der Waals surface area contributed by atoms with Crippen molar-refractivity contribution in [3.63, 3.8) is 0 Å². The molecule has 0 aliphatic carbocycles. The molecule has 1 radical (unpaired) electrons. The van der Waals surface area contributed by atoms with Gasteiger partial charge in [-0.3, -0.25) is 4.79 Å². The lowest BCUT2D eigenvalue weighted by molar-refractivity contribution is 0.282. The van der Waals surface area contributed by atoms with Gasteiger partial charge in [0.1, 0.15) is 0 Å². The van der Waals surface area contributed by atoms with E-state index in [4.69, 9.17) is 9.47 Å². The highest BCUT2D eigenvalue weighted by atomic mass is 16.5. The maximum absolute atomic E-state index is 9.97. The molecule has 0 atom stereocenters. The minimum atomic E-state index is 0.278. The lowest BCUT2D eigenvalue weighted by Gasteiger charge is -2.09. The van der Waals surface area contributed by atoms with E-state index in [-0.39, 0.29) is 6.42 Å². The Kier molecular flexibility index (Phi) is 4.55. The summed E-state index contributed by atoms with van der Waals surface area (Å²) in [7, 11) is 0. The summed E-state index contributed by atoms with van der Waals surface area (Å²) >= 11 is 0. The van der Waals surface area contributed by atoms with Gasteiger partial charge in [-0.1, -0.05) is 12.1 Å². The van der Waals surface area contributed by atoms with Gasteiger partial charge in [0.2, 0.25) is 6.29 Å². The van der Waals surface area contributed by atoms with Crippen molar-refractivity contribution in [2.45, 2.75) is 13.3 Å². The van der Waals surface area contributed by atoms with Gasteiger partial charge in [0.15, 0.2) is 11.5 Å². The van der Waals surface area contributed by atoms with Crippen molar-refractivity contribution in [1.82, 2.24) is 0 Å². The first-order chi connectivity index (χ1) is 6.88. The van der Waals surface area contributed by atoms with Crippen LogP contribution in [-0.4, -0.2) is 19.5 Å². The second-order valence-electron chi connectivity index (χ2n) is 2.62. The summed E-state index contributed by atoms with van der Waals surface area (Å²) in [5.74, 6) is 1.38. The van der Waals surface area contributed by atoms with E-state index in [1.165, 1.54) is 0 Å². The molecule has 14 heavy (non-hydrogen) atoms. The molecule has 0 bridgehead atoms. The SMILES string of the molecule is CCOc1ccccc1OCC[C]=O. The van der Waals surface area contributed by atoms with Gasteiger partial charge in [0.05, 0.1) is 13.2 Å². The van der Waals surface area contributed by atoms with Gasteiger partial charge >= 0.3 is 0 Å². The molecule has 1 aromatic carbocycles. The van der Waals surface area contributed by atoms with Gasteiger partial charge in [0, 0.05) is 6.42 Å². The smallest absolute Gasteiger partial charge is 0.201 e. The maximum atomic E-state index is 9.97. The molecule has 0 aliphatic heterocycles. The fraction of sp³-hybridized carbons (Fsp3) is 0.364. The van der Waals surface area contributed by atoms with Crippen molar-refractivity contribution < 1.29 is 14.3 Å². The van der Waals surface area contributed by atoms with E-state index in [2.05, 4.69) is 0 Å². The summed E-state index contributed by atoms with van der Waals surface area (Å²) in [6.07, 6.45) is 2.05. The Morgan fingerprint density at radius 1 is 1.21 bits per heavy atom. The topological polar surface area (TPSA) is 35.5 Å². The molecule has 75 valence electrons. The van der Waals surface area contributed by atoms with Crippen LogP contribution in [0.3, 0.4) is 0 Å². The molecular weight excluding hydrogens is 180 g/mol. The number of hydrogen-bond acceptors (Lipinski definition) is 3. The number of para-hydroxylation sites is 2. The summed E-state index contributed by atoms with van der Waals surface area (Å²) < 4.78 is 10.7. The first-order valence-electron chi connectivity index (χ1n) is 4.58. The van der Waals surface area contributed by atoms with E-state index in [1.54, 1.807) is 6.29 Å². The Morgan fingerprint density at radius 3 is 2.43 bits per heavy atom. The Labute approximate surface area is 83.6 Å². The molecule has 1 aromatic rings. The lowest BCUT2D eigenvalue weighted by atomic mass is 10.3. The molecule has 3 heteroatoms. The Balaban J connectivity index is 2.59. The summed E-state index contributed by atoms with van der Waals surface area (Å²) in [5, 5.41) is 0. The predicted molar refractivity (Wildman–Crippen MR) is 53.4 cm³/mol. The molecule has 0 aromatic heterocycles. The normalized spacial score (nSPS) is 9.50. The molecule has 0 spiro atoms. The first-order valence-corrected chi connectivity index (χ1v) is 4.58. The third-order valence-electron chi connectivity index (χ3n) is 1.61. The lowest BCUT2D eigenvalue weighted by Crippen LogP contribution is -2.00. The van der Waals surface area contributed by atoms with Crippen molar-refractivity contribution >= 4 is 6.29 Å². The van der Waals surface area contributed by atoms with E-state index in [1.807, 2.05) is 31.2 Å². The van der Waals surface area contributed by atoms with Crippen LogP contribution in [0.25, 0.3) is 0 Å². The molecule has 0 aliphatic rings. The van der Waals surface area contributed by atoms with Gasteiger partial charge in [-0.2, -0.15) is 0 Å². The van der Waals surface area contributed by atoms with Gasteiger partial charge in [-0.05, 0) is 19.1 Å². The number of hydrogen-bond donors (Lipinski definition) is 0. The van der Waals surface area contributed by atoms with Gasteiger partial charge in [0.25, 0.3) is 0 Å². The van der Waals surface area contributed by atoms with Crippen LogP contribution in [0.15, 0.2) is 24.3 Å². The zero-order chi connectivity index (χ0) is 10.2. The first kappa shape index (κ1) is 10.6. The summed E-state index contributed by atoms with van der Waals surface area (Å²) in [4.78, 5) is 9.97. The van der Waals surface area contributed by atoms with Gasteiger partial charge in [-0.15, -0.1) is 0 Å². The molecule has 0 saturated carbocycles. The van der Waals surface area contributed by atoms with E-state index in [0.29, 0.717) is 24.7 Å². The fourth-order valence-corrected chi connectivity index (χ4v) is 1.05. The molecule has 0 saturated heterocycles. The summed E-state index contributed by atoms with van der Waals surface area (Å²) in [6, 6.07) is 7.39. The Bertz CT molecular complexity index is 284. The Hall–Kier alpha value is -1.51. The second kappa shape index (κ2) is 6.02. The van der Waals surface area contributed by atoms with Crippen molar-refractivity contribution in [3.8, 4) is 11.5 Å². The fourth-order valence-electron chi connectivity index (χ4n) is 1.05. The standard InChI is InChI=1S/C11H13O3/c1-2-13-10-6-3-4-7-11(10)14-9-5-8-12/h3-4,6-7H,2,5,9H2,1H3. The number of rotatable bonds is 6. The van der Waals surface area contributed by atoms with E-state index in [0.717, 1.165) is 0 Å². The molecular formula is C11H13O3. The molecule has 1 rings (SSSR count). The van der Waals surface area contributed by atoms with Crippen molar-refractivity contribution in [2.75, 3.05) is 13.2 Å². The number of ether oxygens (including phenoxy) is 2. The third kappa shape index (κ3) is 3.09. The van der Waals surface area contributed by atoms with Crippen LogP contribution in [-0.2, 0) is 4.79 Å². The predicted octanol–water partition coefficient (Wildman–Crippen LogP) is 1.96. The molecule has 3 nitrogen and oxygen atoms in total. The second-order valence-corrected chi connectivity index (χ2v) is 2.62. The molecule has 0 amide bonds. The van der Waals surface area contributed by atoms with E-state index < -0.39 is 0 Å². The number of carbonyl (C=O) groups excluding carboxylic acids is 1. The number of benzene rings is 1. The molecule has 0 fully saturated rings. The van der Waals surface area contributed by atoms with E-state index >= 15 is 0 Å². The maximum Gasteiger partial charge on any atom is 0.201 e. The average Bonchev–Trinajstić information content (AvgIpc) is 2.21. The van der Waals surface area contributed by atoms with Crippen molar-refractivity contribution in [1.29, 1.82) is 0 Å². The molecule has 0 heterocycles. The largest absolute Gasteiger partial charge is 0.490 e. The highest BCUT2D eigenvalue weighted by Crippen LogP contribution is 2.26. The van der Waals surface area contributed by atoms with E-state index in [9.17, 15) is 4.79 Å². The van der Waals surface area contributed by atoms with Gasteiger partial charge < -0.3 is 9.47 Å². The minimum Gasteiger partial charge on any atom is -0.490 e. The zero-order valence-electron chi connectivity index (χ0n) is 8.16. The molecule has 0 N–H and O–H groups in total. The minimum absolute atomic E-state index is 0.278. The zero-order valence-corrected chi connectivity index (χ0v) is 8.16. The van der Waals surface area contributed by atoms with Crippen molar-refractivity contribution in [3.05, 3.63) is 24.3 Å². The van der Waals surface area contributed by atoms with Gasteiger partial charge in [-0.25, -0.2) is 0 Å². The highest BCUT2D eigenvalue weighted by Gasteiger charge is 2.02. The summed E-state index contributed by atoms with van der Waals surface area (Å²) in [6.45, 7) is 2.85. The van der Waals surface area contributed by atoms with Crippen LogP contribution in [0.5, 0.6) is 11.5 Å². The monoisotopic (exact) mass is 193 g/mol. The van der Waals surface area contributed by atoms with Crippen LogP contribution in [0, 0.1) is 0 Å². The summed E-state index contributed by atoms with van der Waals surface area (Å²) in [5.41, 5.74) is 0. The highest BCUT2D eigenvalue weighted by molar-refractivity contribution is 5.50. The Morgan fingerprint density at radius 2 is 1.86 bits per heavy atom. The molecule has 0 unspecified atom stereocenters.